The van der Waals surface area contributed by atoms with Gasteiger partial charge in [0.2, 0.25) is 0 Å². The normalized spacial score (nSPS) is 16.4. The van der Waals surface area contributed by atoms with Gasteiger partial charge in [0.1, 0.15) is 0 Å². The molecule has 158 valence electrons. The molecule has 7 heteroatoms. The van der Waals surface area contributed by atoms with Crippen LogP contribution in [0.5, 0.6) is 0 Å². The molecule has 0 radical (unpaired) electrons. The summed E-state index contributed by atoms with van der Waals surface area (Å²) in [6.45, 7) is 7.80. The van der Waals surface area contributed by atoms with Crippen LogP contribution in [0.25, 0.3) is 0 Å². The molecule has 3 rings (SSSR count). The number of aromatic nitrogens is 2. The number of aromatic amines is 1. The summed E-state index contributed by atoms with van der Waals surface area (Å²) in [5, 5.41) is 3.12. The van der Waals surface area contributed by atoms with Gasteiger partial charge in [-0.25, -0.2) is 9.59 Å². The standard InChI is InChI=1S/C23H27N3O4/c1-13-12-17(14(2)25-13)9-11-30-23(28)20-16(4)26-15(3)19(22(27)29-5)21(20)18-8-6-7-10-24-18/h6-8,10,12,21,25-26H,9,11H2,1-5H3. The summed E-state index contributed by atoms with van der Waals surface area (Å²) in [6.07, 6.45) is 2.24. The highest BCUT2D eigenvalue weighted by molar-refractivity contribution is 5.99. The highest BCUT2D eigenvalue weighted by atomic mass is 16.5. The van der Waals surface area contributed by atoms with E-state index in [1.807, 2.05) is 26.0 Å². The molecule has 2 aromatic heterocycles. The first-order valence-corrected chi connectivity index (χ1v) is 9.83. The summed E-state index contributed by atoms with van der Waals surface area (Å²) in [6, 6.07) is 7.45. The van der Waals surface area contributed by atoms with Gasteiger partial charge in [-0.3, -0.25) is 4.98 Å². The van der Waals surface area contributed by atoms with Crippen LogP contribution >= 0.6 is 0 Å². The summed E-state index contributed by atoms with van der Waals surface area (Å²) in [5.41, 5.74) is 5.81. The summed E-state index contributed by atoms with van der Waals surface area (Å²) < 4.78 is 10.6. The van der Waals surface area contributed by atoms with Crippen molar-refractivity contribution < 1.29 is 19.1 Å². The summed E-state index contributed by atoms with van der Waals surface area (Å²) >= 11 is 0. The highest BCUT2D eigenvalue weighted by Crippen LogP contribution is 2.38. The van der Waals surface area contributed by atoms with Gasteiger partial charge in [-0.05, 0) is 51.5 Å². The van der Waals surface area contributed by atoms with Crippen LogP contribution in [0, 0.1) is 13.8 Å². The van der Waals surface area contributed by atoms with Crippen molar-refractivity contribution in [3.63, 3.8) is 0 Å². The third-order valence-electron chi connectivity index (χ3n) is 5.23. The number of dihydropyridines is 1. The maximum Gasteiger partial charge on any atom is 0.336 e. The molecule has 0 bridgehead atoms. The molecule has 0 aliphatic carbocycles. The van der Waals surface area contributed by atoms with Crippen molar-refractivity contribution in [1.82, 2.24) is 15.3 Å². The van der Waals surface area contributed by atoms with E-state index >= 15 is 0 Å². The van der Waals surface area contributed by atoms with Crippen molar-refractivity contribution >= 4 is 11.9 Å². The Morgan fingerprint density at radius 2 is 1.77 bits per heavy atom. The van der Waals surface area contributed by atoms with E-state index in [0.717, 1.165) is 17.0 Å². The molecule has 2 N–H and O–H groups in total. The third kappa shape index (κ3) is 4.30. The van der Waals surface area contributed by atoms with Crippen molar-refractivity contribution in [2.45, 2.75) is 40.0 Å². The lowest BCUT2D eigenvalue weighted by Crippen LogP contribution is -2.32. The molecule has 0 spiro atoms. The molecular formula is C23H27N3O4. The number of pyridine rings is 1. The van der Waals surface area contributed by atoms with E-state index in [0.29, 0.717) is 34.7 Å². The van der Waals surface area contributed by atoms with E-state index in [1.165, 1.54) is 7.11 Å². The highest BCUT2D eigenvalue weighted by Gasteiger charge is 2.38. The van der Waals surface area contributed by atoms with Gasteiger partial charge >= 0.3 is 11.9 Å². The van der Waals surface area contributed by atoms with Crippen LogP contribution in [-0.4, -0.2) is 35.6 Å². The Bertz CT molecular complexity index is 1020. The van der Waals surface area contributed by atoms with E-state index < -0.39 is 17.9 Å². The number of carbonyl (C=O) groups is 2. The maximum atomic E-state index is 13.1. The van der Waals surface area contributed by atoms with Crippen molar-refractivity contribution in [2.75, 3.05) is 13.7 Å². The average molecular weight is 409 g/mol. The van der Waals surface area contributed by atoms with Crippen LogP contribution in [-0.2, 0) is 25.5 Å². The first-order valence-electron chi connectivity index (χ1n) is 9.83. The van der Waals surface area contributed by atoms with Crippen molar-refractivity contribution in [3.8, 4) is 0 Å². The molecule has 7 nitrogen and oxygen atoms in total. The molecule has 3 heterocycles. The van der Waals surface area contributed by atoms with Crippen LogP contribution in [0.4, 0.5) is 0 Å². The molecule has 0 fully saturated rings. The molecule has 0 saturated carbocycles. The topological polar surface area (TPSA) is 93.3 Å². The van der Waals surface area contributed by atoms with Gasteiger partial charge in [0.05, 0.1) is 36.5 Å². The monoisotopic (exact) mass is 409 g/mol. The van der Waals surface area contributed by atoms with Gasteiger partial charge in [0.25, 0.3) is 0 Å². The van der Waals surface area contributed by atoms with Gasteiger partial charge in [-0.2, -0.15) is 0 Å². The number of H-pyrrole nitrogens is 1. The minimum atomic E-state index is -0.663. The van der Waals surface area contributed by atoms with Crippen LogP contribution < -0.4 is 5.32 Å². The Kier molecular flexibility index (Phi) is 6.40. The number of carbonyl (C=O) groups excluding carboxylic acids is 2. The molecular weight excluding hydrogens is 382 g/mol. The maximum absolute atomic E-state index is 13.1. The zero-order valence-electron chi connectivity index (χ0n) is 18.0. The van der Waals surface area contributed by atoms with Crippen molar-refractivity contribution in [1.29, 1.82) is 0 Å². The Morgan fingerprint density at radius 3 is 2.33 bits per heavy atom. The molecule has 0 amide bonds. The molecule has 2 aromatic rings. The Hall–Kier alpha value is -3.35. The Labute approximate surface area is 176 Å². The smallest absolute Gasteiger partial charge is 0.336 e. The fourth-order valence-corrected chi connectivity index (χ4v) is 3.86. The zero-order valence-corrected chi connectivity index (χ0v) is 18.0. The first-order chi connectivity index (χ1) is 14.3. The van der Waals surface area contributed by atoms with Gasteiger partial charge in [0.15, 0.2) is 0 Å². The fourth-order valence-electron chi connectivity index (χ4n) is 3.86. The second-order valence-corrected chi connectivity index (χ2v) is 7.37. The van der Waals surface area contributed by atoms with Crippen LogP contribution in [0.2, 0.25) is 0 Å². The lowest BCUT2D eigenvalue weighted by molar-refractivity contribution is -0.139. The molecule has 1 aliphatic rings. The van der Waals surface area contributed by atoms with Crippen LogP contribution in [0.1, 0.15) is 42.4 Å². The predicted molar refractivity (Wildman–Crippen MR) is 112 cm³/mol. The molecule has 1 atom stereocenters. The van der Waals surface area contributed by atoms with Crippen molar-refractivity contribution in [2.24, 2.45) is 0 Å². The predicted octanol–water partition coefficient (Wildman–Crippen LogP) is 3.22. The van der Waals surface area contributed by atoms with Gasteiger partial charge in [-0.1, -0.05) is 6.07 Å². The number of allylic oxidation sites excluding steroid dienone is 2. The van der Waals surface area contributed by atoms with Crippen LogP contribution in [0.3, 0.4) is 0 Å². The second kappa shape index (κ2) is 8.98. The Morgan fingerprint density at radius 1 is 1.07 bits per heavy atom. The molecule has 1 aliphatic heterocycles. The number of hydrogen-bond acceptors (Lipinski definition) is 6. The minimum absolute atomic E-state index is 0.235. The van der Waals surface area contributed by atoms with E-state index in [2.05, 4.69) is 15.3 Å². The third-order valence-corrected chi connectivity index (χ3v) is 5.23. The molecule has 30 heavy (non-hydrogen) atoms. The number of ether oxygens (including phenoxy) is 2. The summed E-state index contributed by atoms with van der Waals surface area (Å²) in [7, 11) is 1.32. The summed E-state index contributed by atoms with van der Waals surface area (Å²) in [4.78, 5) is 33.3. The number of rotatable bonds is 6. The summed E-state index contributed by atoms with van der Waals surface area (Å²) in [5.74, 6) is -1.65. The fraction of sp³-hybridized carbons (Fsp3) is 0.348. The largest absolute Gasteiger partial charge is 0.466 e. The number of hydrogen-bond donors (Lipinski definition) is 2. The van der Waals surface area contributed by atoms with E-state index in [-0.39, 0.29) is 6.61 Å². The number of methoxy groups -OCH3 is 1. The van der Waals surface area contributed by atoms with Gasteiger partial charge in [0, 0.05) is 35.4 Å². The van der Waals surface area contributed by atoms with E-state index in [4.69, 9.17) is 9.47 Å². The molecule has 0 saturated heterocycles. The first kappa shape index (κ1) is 21.4. The minimum Gasteiger partial charge on any atom is -0.466 e. The number of nitrogens with one attached hydrogen (secondary N) is 2. The van der Waals surface area contributed by atoms with E-state index in [1.54, 1.807) is 32.2 Å². The van der Waals surface area contributed by atoms with Gasteiger partial charge < -0.3 is 19.8 Å². The van der Waals surface area contributed by atoms with Crippen molar-refractivity contribution in [3.05, 3.63) is 75.6 Å². The van der Waals surface area contributed by atoms with Crippen LogP contribution in [0.15, 0.2) is 53.0 Å². The number of esters is 2. The quantitative estimate of drug-likeness (QED) is 0.712. The molecule has 0 aromatic carbocycles. The Balaban J connectivity index is 1.88. The number of nitrogens with zero attached hydrogens (tertiary/aromatic N) is 1. The molecule has 1 unspecified atom stereocenters. The average Bonchev–Trinajstić information content (AvgIpc) is 3.04. The lowest BCUT2D eigenvalue weighted by atomic mass is 9.83. The van der Waals surface area contributed by atoms with Gasteiger partial charge in [-0.15, -0.1) is 0 Å². The lowest BCUT2D eigenvalue weighted by Gasteiger charge is -2.29. The zero-order chi connectivity index (χ0) is 21.8. The second-order valence-electron chi connectivity index (χ2n) is 7.37. The SMILES string of the molecule is COC(=O)C1=C(C)NC(C)=C(C(=O)OCCc2cc(C)[nH]c2C)C1c1ccccn1. The number of aryl methyl sites for hydroxylation is 2. The van der Waals surface area contributed by atoms with E-state index in [9.17, 15) is 9.59 Å².